The zero-order valence-corrected chi connectivity index (χ0v) is 7.64. The molecule has 1 rings (SSSR count). The standard InChI is InChI=1S/C8H15F3N2/c1-6-2-3-13(4-7(6)12)5-8(9,10)11/h6-7H,2-5,12H2,1H3. The maximum Gasteiger partial charge on any atom is 0.401 e. The Morgan fingerprint density at radius 2 is 2.08 bits per heavy atom. The van der Waals surface area contributed by atoms with E-state index in [2.05, 4.69) is 0 Å². The van der Waals surface area contributed by atoms with E-state index in [1.54, 1.807) is 0 Å². The molecule has 0 spiro atoms. The van der Waals surface area contributed by atoms with Crippen molar-refractivity contribution in [1.29, 1.82) is 0 Å². The molecule has 0 aliphatic carbocycles. The molecule has 2 N–H and O–H groups in total. The van der Waals surface area contributed by atoms with Gasteiger partial charge in [-0.15, -0.1) is 0 Å². The van der Waals surface area contributed by atoms with Crippen LogP contribution in [0.25, 0.3) is 0 Å². The lowest BCUT2D eigenvalue weighted by Gasteiger charge is -2.35. The summed E-state index contributed by atoms with van der Waals surface area (Å²) in [7, 11) is 0. The number of nitrogens with zero attached hydrogens (tertiary/aromatic N) is 1. The predicted octanol–water partition coefficient (Wildman–Crippen LogP) is 1.22. The Morgan fingerprint density at radius 1 is 1.46 bits per heavy atom. The lowest BCUT2D eigenvalue weighted by molar-refractivity contribution is -0.149. The number of alkyl halides is 3. The van der Waals surface area contributed by atoms with Gasteiger partial charge in [-0.1, -0.05) is 6.92 Å². The first kappa shape index (κ1) is 10.8. The molecule has 0 aromatic rings. The Labute approximate surface area is 75.9 Å². The molecule has 13 heavy (non-hydrogen) atoms. The normalized spacial score (nSPS) is 32.1. The van der Waals surface area contributed by atoms with Crippen molar-refractivity contribution in [1.82, 2.24) is 4.90 Å². The van der Waals surface area contributed by atoms with E-state index < -0.39 is 12.7 Å². The van der Waals surface area contributed by atoms with Gasteiger partial charge in [0.15, 0.2) is 0 Å². The topological polar surface area (TPSA) is 29.3 Å². The van der Waals surface area contributed by atoms with E-state index in [0.29, 0.717) is 19.0 Å². The second-order valence-electron chi connectivity index (χ2n) is 3.78. The zero-order chi connectivity index (χ0) is 10.1. The van der Waals surface area contributed by atoms with E-state index in [4.69, 9.17) is 5.73 Å². The Hall–Kier alpha value is -0.290. The van der Waals surface area contributed by atoms with Crippen molar-refractivity contribution in [2.75, 3.05) is 19.6 Å². The molecule has 2 unspecified atom stereocenters. The molecular formula is C8H15F3N2. The lowest BCUT2D eigenvalue weighted by Crippen LogP contribution is -2.50. The first-order valence-electron chi connectivity index (χ1n) is 4.43. The number of hydrogen-bond donors (Lipinski definition) is 1. The maximum atomic E-state index is 12.0. The highest BCUT2D eigenvalue weighted by Crippen LogP contribution is 2.21. The molecule has 0 aromatic carbocycles. The number of nitrogens with two attached hydrogens (primary N) is 1. The van der Waals surface area contributed by atoms with Crippen molar-refractivity contribution in [2.24, 2.45) is 11.7 Å². The van der Waals surface area contributed by atoms with Gasteiger partial charge < -0.3 is 5.73 Å². The van der Waals surface area contributed by atoms with Gasteiger partial charge in [-0.05, 0) is 18.9 Å². The summed E-state index contributed by atoms with van der Waals surface area (Å²) < 4.78 is 35.9. The summed E-state index contributed by atoms with van der Waals surface area (Å²) in [6.45, 7) is 2.03. The SMILES string of the molecule is CC1CCN(CC(F)(F)F)CC1N. The zero-order valence-electron chi connectivity index (χ0n) is 7.64. The van der Waals surface area contributed by atoms with Gasteiger partial charge in [0.1, 0.15) is 0 Å². The van der Waals surface area contributed by atoms with Crippen LogP contribution in [-0.2, 0) is 0 Å². The van der Waals surface area contributed by atoms with Crippen LogP contribution in [0.4, 0.5) is 13.2 Å². The van der Waals surface area contributed by atoms with E-state index in [9.17, 15) is 13.2 Å². The predicted molar refractivity (Wildman–Crippen MR) is 44.3 cm³/mol. The molecule has 1 heterocycles. The van der Waals surface area contributed by atoms with Gasteiger partial charge in [-0.25, -0.2) is 0 Å². The summed E-state index contributed by atoms with van der Waals surface area (Å²) in [4.78, 5) is 1.38. The molecule has 78 valence electrons. The monoisotopic (exact) mass is 196 g/mol. The third kappa shape index (κ3) is 3.52. The molecular weight excluding hydrogens is 181 g/mol. The van der Waals surface area contributed by atoms with E-state index in [0.717, 1.165) is 6.42 Å². The average molecular weight is 196 g/mol. The highest BCUT2D eigenvalue weighted by Gasteiger charge is 2.33. The fourth-order valence-electron chi connectivity index (χ4n) is 1.57. The van der Waals surface area contributed by atoms with Gasteiger partial charge in [0.2, 0.25) is 0 Å². The van der Waals surface area contributed by atoms with Crippen LogP contribution >= 0.6 is 0 Å². The quantitative estimate of drug-likeness (QED) is 0.683. The molecule has 0 aromatic heterocycles. The summed E-state index contributed by atoms with van der Waals surface area (Å²) in [5, 5.41) is 0. The number of likely N-dealkylation sites (tertiary alicyclic amines) is 1. The molecule has 2 atom stereocenters. The molecule has 0 amide bonds. The van der Waals surface area contributed by atoms with Crippen LogP contribution in [0.1, 0.15) is 13.3 Å². The van der Waals surface area contributed by atoms with E-state index >= 15 is 0 Å². The van der Waals surface area contributed by atoms with Gasteiger partial charge in [0.25, 0.3) is 0 Å². The van der Waals surface area contributed by atoms with Crippen molar-refractivity contribution in [3.05, 3.63) is 0 Å². The van der Waals surface area contributed by atoms with Gasteiger partial charge in [-0.2, -0.15) is 13.2 Å². The highest BCUT2D eigenvalue weighted by molar-refractivity contribution is 4.81. The summed E-state index contributed by atoms with van der Waals surface area (Å²) in [5.74, 6) is 0.337. The molecule has 1 aliphatic rings. The van der Waals surface area contributed by atoms with Gasteiger partial charge in [0, 0.05) is 12.6 Å². The molecule has 5 heteroatoms. The van der Waals surface area contributed by atoms with Crippen LogP contribution in [0, 0.1) is 5.92 Å². The van der Waals surface area contributed by atoms with Gasteiger partial charge in [0.05, 0.1) is 6.54 Å². The number of halogens is 3. The van der Waals surface area contributed by atoms with Crippen molar-refractivity contribution in [3.8, 4) is 0 Å². The summed E-state index contributed by atoms with van der Waals surface area (Å²) in [5.41, 5.74) is 5.68. The fourth-order valence-corrected chi connectivity index (χ4v) is 1.57. The lowest BCUT2D eigenvalue weighted by atomic mass is 9.94. The van der Waals surface area contributed by atoms with Crippen LogP contribution in [0.3, 0.4) is 0 Å². The van der Waals surface area contributed by atoms with Crippen LogP contribution in [0.2, 0.25) is 0 Å². The number of piperidine rings is 1. The van der Waals surface area contributed by atoms with Crippen LogP contribution < -0.4 is 5.73 Å². The van der Waals surface area contributed by atoms with Crippen molar-refractivity contribution in [2.45, 2.75) is 25.6 Å². The third-order valence-electron chi connectivity index (χ3n) is 2.50. The second kappa shape index (κ2) is 3.84. The third-order valence-corrected chi connectivity index (χ3v) is 2.50. The summed E-state index contributed by atoms with van der Waals surface area (Å²) >= 11 is 0. The fraction of sp³-hybridized carbons (Fsp3) is 1.00. The largest absolute Gasteiger partial charge is 0.401 e. The van der Waals surface area contributed by atoms with Gasteiger partial charge in [-0.3, -0.25) is 4.90 Å². The van der Waals surface area contributed by atoms with E-state index in [-0.39, 0.29) is 6.04 Å². The van der Waals surface area contributed by atoms with Crippen molar-refractivity contribution < 1.29 is 13.2 Å². The summed E-state index contributed by atoms with van der Waals surface area (Å²) in [6.07, 6.45) is -3.34. The smallest absolute Gasteiger partial charge is 0.326 e. The maximum absolute atomic E-state index is 12.0. The van der Waals surface area contributed by atoms with E-state index in [1.807, 2.05) is 6.92 Å². The molecule has 1 fully saturated rings. The molecule has 0 radical (unpaired) electrons. The molecule has 1 saturated heterocycles. The van der Waals surface area contributed by atoms with Gasteiger partial charge >= 0.3 is 6.18 Å². The van der Waals surface area contributed by atoms with E-state index in [1.165, 1.54) is 4.90 Å². The Morgan fingerprint density at radius 3 is 2.54 bits per heavy atom. The first-order valence-corrected chi connectivity index (χ1v) is 4.43. The Bertz CT molecular complexity index is 169. The van der Waals surface area contributed by atoms with Crippen molar-refractivity contribution >= 4 is 0 Å². The minimum Gasteiger partial charge on any atom is -0.326 e. The molecule has 0 saturated carbocycles. The highest BCUT2D eigenvalue weighted by atomic mass is 19.4. The minimum atomic E-state index is -4.10. The van der Waals surface area contributed by atoms with Crippen LogP contribution in [-0.4, -0.2) is 36.8 Å². The molecule has 1 aliphatic heterocycles. The second-order valence-corrected chi connectivity index (χ2v) is 3.78. The average Bonchev–Trinajstić information content (AvgIpc) is 1.94. The Kier molecular flexibility index (Phi) is 3.18. The molecule has 2 nitrogen and oxygen atoms in total. The van der Waals surface area contributed by atoms with Crippen LogP contribution in [0.15, 0.2) is 0 Å². The summed E-state index contributed by atoms with van der Waals surface area (Å²) in [6, 6.07) is -0.115. The number of hydrogen-bond acceptors (Lipinski definition) is 2. The van der Waals surface area contributed by atoms with Crippen molar-refractivity contribution in [3.63, 3.8) is 0 Å². The van der Waals surface area contributed by atoms with Crippen LogP contribution in [0.5, 0.6) is 0 Å². The Balaban J connectivity index is 2.38. The molecule has 0 bridgehead atoms. The first-order chi connectivity index (χ1) is 5.88. The minimum absolute atomic E-state index is 0.115. The number of rotatable bonds is 1.